The standard InChI is InChI=1S/2C16H14.4C6H6.19C2H6/c2*1-2-14-15-9-5-3-7-12(15)11-13-8-4-6-10-16(13)14;4*1-2-4-6-5-3-1;19*1-2/h2*2-10H,11H2,1H3;4*1-6H;19*1-2H3. The SMILES string of the molecule is CC.CC.CC.CC.CC.CC.CC.CC.CC.CC.CC.CC.CC.CC.CC.CC.CC.CC.CC.CC=C1c2ccccc2Cc2ccccc21.CC=C1c2ccccc2Cc2ccccc21.c1ccccc1.c1ccccc1.c1ccccc1.c1ccccc1. The van der Waals surface area contributed by atoms with E-state index in [-0.39, 0.29) is 0 Å². The van der Waals surface area contributed by atoms with Gasteiger partial charge < -0.3 is 0 Å². The van der Waals surface area contributed by atoms with Gasteiger partial charge in [-0.05, 0) is 82.3 Å². The Balaban J connectivity index is -0.0000000572. The summed E-state index contributed by atoms with van der Waals surface area (Å²) in [6, 6.07) is 82.8. The minimum absolute atomic E-state index is 1.06. The first-order valence-corrected chi connectivity index (χ1v) is 38.5. The molecule has 0 saturated carbocycles. The molecule has 0 N–H and O–H groups in total. The van der Waals surface area contributed by atoms with Gasteiger partial charge in [0.05, 0.1) is 0 Å². The summed E-state index contributed by atoms with van der Waals surface area (Å²) in [5, 5.41) is 0. The predicted molar refractivity (Wildman–Crippen MR) is 458 cm³/mol. The molecule has 2 aliphatic rings. The second-order valence-corrected chi connectivity index (χ2v) is 13.0. The molecule has 0 bridgehead atoms. The van der Waals surface area contributed by atoms with Crippen molar-refractivity contribution < 1.29 is 0 Å². The highest BCUT2D eigenvalue weighted by atomic mass is 14.2. The lowest BCUT2D eigenvalue weighted by Gasteiger charge is -2.22. The first kappa shape index (κ1) is 124. The minimum atomic E-state index is 1.06. The average molecular weight is 1300 g/mol. The molecule has 8 aromatic carbocycles. The van der Waals surface area contributed by atoms with Gasteiger partial charge in [0.25, 0.3) is 0 Å². The van der Waals surface area contributed by atoms with Gasteiger partial charge in [-0.25, -0.2) is 0 Å². The molecule has 0 fully saturated rings. The Bertz CT molecular complexity index is 1870. The Hall–Kier alpha value is -6.76. The summed E-state index contributed by atoms with van der Waals surface area (Å²) in [5.41, 5.74) is 14.1. The van der Waals surface area contributed by atoms with Crippen LogP contribution in [0.25, 0.3) is 11.1 Å². The maximum atomic E-state index is 2.23. The lowest BCUT2D eigenvalue weighted by molar-refractivity contribution is 1.14. The number of fused-ring (bicyclic) bond motifs is 4. The molecule has 0 spiro atoms. The Labute approximate surface area is 596 Å². The van der Waals surface area contributed by atoms with Crippen LogP contribution in [0.3, 0.4) is 0 Å². The molecule has 0 radical (unpaired) electrons. The number of hydrogen-bond acceptors (Lipinski definition) is 0. The van der Waals surface area contributed by atoms with E-state index in [9.17, 15) is 0 Å². The summed E-state index contributed by atoms with van der Waals surface area (Å²) in [6.07, 6.45) is 6.56. The molecule has 0 aliphatic heterocycles. The van der Waals surface area contributed by atoms with Crippen LogP contribution in [0, 0.1) is 0 Å². The maximum absolute atomic E-state index is 2.23. The molecule has 542 valence electrons. The fraction of sp³-hybridized carbons (Fsp3) is 0.447. The molecule has 0 atom stereocenters. The topological polar surface area (TPSA) is 0 Å². The Morgan fingerprint density at radius 1 is 0.149 bits per heavy atom. The van der Waals surface area contributed by atoms with Crippen molar-refractivity contribution in [2.75, 3.05) is 0 Å². The van der Waals surface area contributed by atoms with Crippen molar-refractivity contribution in [1.29, 1.82) is 0 Å². The number of allylic oxidation sites excluding steroid dienone is 2. The highest BCUT2D eigenvalue weighted by Gasteiger charge is 2.19. The summed E-state index contributed by atoms with van der Waals surface area (Å²) >= 11 is 0. The zero-order chi connectivity index (χ0) is 76.9. The zero-order valence-electron chi connectivity index (χ0n) is 70.7. The second kappa shape index (κ2) is 139. The first-order chi connectivity index (χ1) is 46.8. The average Bonchev–Trinajstić information content (AvgIpc) is 0.809. The summed E-state index contributed by atoms with van der Waals surface area (Å²) in [7, 11) is 0. The van der Waals surface area contributed by atoms with E-state index in [4.69, 9.17) is 0 Å². The molecule has 0 saturated heterocycles. The monoisotopic (exact) mass is 1300 g/mol. The normalized spacial score (nSPS) is 7.66. The van der Waals surface area contributed by atoms with Crippen LogP contribution in [0.4, 0.5) is 0 Å². The molecular weight excluding hydrogens is 1130 g/mol. The predicted octanol–water partition coefficient (Wildman–Crippen LogP) is 34.3. The van der Waals surface area contributed by atoms with Crippen molar-refractivity contribution in [3.63, 3.8) is 0 Å². The number of hydrogen-bond donors (Lipinski definition) is 0. The van der Waals surface area contributed by atoms with Crippen molar-refractivity contribution in [1.82, 2.24) is 0 Å². The molecule has 0 aromatic heterocycles. The van der Waals surface area contributed by atoms with Crippen LogP contribution >= 0.6 is 0 Å². The number of benzene rings is 8. The summed E-state index contributed by atoms with van der Waals surface area (Å²) in [4.78, 5) is 0. The van der Waals surface area contributed by atoms with E-state index in [1.807, 2.05) is 409 Å². The highest BCUT2D eigenvalue weighted by Crippen LogP contribution is 2.36. The molecular formula is C94H166. The van der Waals surface area contributed by atoms with Gasteiger partial charge in [0.15, 0.2) is 0 Å². The van der Waals surface area contributed by atoms with Crippen molar-refractivity contribution in [3.8, 4) is 0 Å². The molecule has 10 rings (SSSR count). The van der Waals surface area contributed by atoms with Gasteiger partial charge in [0.2, 0.25) is 0 Å². The summed E-state index contributed by atoms with van der Waals surface area (Å²) < 4.78 is 0. The molecule has 0 amide bonds. The second-order valence-electron chi connectivity index (χ2n) is 13.0. The minimum Gasteiger partial charge on any atom is -0.0792 e. The molecule has 0 heteroatoms. The third-order valence-corrected chi connectivity index (χ3v) is 9.24. The lowest BCUT2D eigenvalue weighted by atomic mass is 9.82. The molecule has 94 heavy (non-hydrogen) atoms. The van der Waals surface area contributed by atoms with Crippen molar-refractivity contribution in [3.05, 3.63) is 299 Å². The highest BCUT2D eigenvalue weighted by molar-refractivity contribution is 5.86. The third-order valence-electron chi connectivity index (χ3n) is 9.24. The Morgan fingerprint density at radius 3 is 0.340 bits per heavy atom. The molecule has 0 unspecified atom stereocenters. The van der Waals surface area contributed by atoms with E-state index < -0.39 is 0 Å². The molecule has 0 nitrogen and oxygen atoms in total. The van der Waals surface area contributed by atoms with Crippen molar-refractivity contribution >= 4 is 11.1 Å². The van der Waals surface area contributed by atoms with Gasteiger partial charge in [-0.3, -0.25) is 0 Å². The van der Waals surface area contributed by atoms with Gasteiger partial charge in [0.1, 0.15) is 0 Å². The van der Waals surface area contributed by atoms with Crippen LogP contribution in [0.2, 0.25) is 0 Å². The van der Waals surface area contributed by atoms with Gasteiger partial charge >= 0.3 is 0 Å². The quantitative estimate of drug-likeness (QED) is 0.142. The van der Waals surface area contributed by atoms with Crippen LogP contribution in [0.1, 0.15) is 321 Å². The fourth-order valence-electron chi connectivity index (χ4n) is 6.61. The van der Waals surface area contributed by atoms with Gasteiger partial charge in [-0.2, -0.15) is 0 Å². The summed E-state index contributed by atoms with van der Waals surface area (Å²) in [5.74, 6) is 0. The van der Waals surface area contributed by atoms with Gasteiger partial charge in [0, 0.05) is 0 Å². The van der Waals surface area contributed by atoms with Crippen LogP contribution < -0.4 is 0 Å². The number of rotatable bonds is 0. The van der Waals surface area contributed by atoms with Crippen LogP contribution in [0.5, 0.6) is 0 Å². The molecule has 0 heterocycles. The van der Waals surface area contributed by atoms with Gasteiger partial charge in [-0.15, -0.1) is 0 Å². The largest absolute Gasteiger partial charge is 0.0792 e. The van der Waals surface area contributed by atoms with E-state index in [1.54, 1.807) is 0 Å². The van der Waals surface area contributed by atoms with Crippen molar-refractivity contribution in [2.24, 2.45) is 0 Å². The molecule has 8 aromatic rings. The lowest BCUT2D eigenvalue weighted by Crippen LogP contribution is -2.05. The smallest absolute Gasteiger partial charge is 0.00135 e. The van der Waals surface area contributed by atoms with E-state index >= 15 is 0 Å². The Kier molecular flexibility index (Phi) is 183. The molecule has 2 aliphatic carbocycles. The maximum Gasteiger partial charge on any atom is -0.00135 e. The third kappa shape index (κ3) is 76.0. The Morgan fingerprint density at radius 2 is 0.245 bits per heavy atom. The zero-order valence-corrected chi connectivity index (χ0v) is 70.7. The van der Waals surface area contributed by atoms with E-state index in [2.05, 4.69) is 123 Å². The fourth-order valence-corrected chi connectivity index (χ4v) is 6.61. The summed E-state index contributed by atoms with van der Waals surface area (Å²) in [6.45, 7) is 80.2. The van der Waals surface area contributed by atoms with Crippen LogP contribution in [0.15, 0.2) is 255 Å². The van der Waals surface area contributed by atoms with Gasteiger partial charge in [-0.1, -0.05) is 518 Å². The van der Waals surface area contributed by atoms with Crippen LogP contribution in [-0.4, -0.2) is 0 Å². The first-order valence-electron chi connectivity index (χ1n) is 38.5. The van der Waals surface area contributed by atoms with E-state index in [0.717, 1.165) is 12.8 Å². The van der Waals surface area contributed by atoms with E-state index in [1.165, 1.54) is 55.7 Å². The van der Waals surface area contributed by atoms with E-state index in [0.29, 0.717) is 0 Å². The van der Waals surface area contributed by atoms with Crippen molar-refractivity contribution in [2.45, 2.75) is 290 Å². The van der Waals surface area contributed by atoms with Crippen LogP contribution in [-0.2, 0) is 12.8 Å².